The Balaban J connectivity index is 3.07. The summed E-state index contributed by atoms with van der Waals surface area (Å²) >= 11 is 0. The number of carbonyl (C=O) groups is 3. The van der Waals surface area contributed by atoms with Crippen molar-refractivity contribution in [3.8, 4) is 0 Å². The predicted molar refractivity (Wildman–Crippen MR) is 79.4 cm³/mol. The minimum atomic E-state index is -0.579. The molecule has 0 saturated carbocycles. The van der Waals surface area contributed by atoms with Gasteiger partial charge in [-0.3, -0.25) is 4.79 Å². The Kier molecular flexibility index (Phi) is 5.71. The van der Waals surface area contributed by atoms with Gasteiger partial charge in [0, 0.05) is 18.7 Å². The highest BCUT2D eigenvalue weighted by molar-refractivity contribution is 6.02. The van der Waals surface area contributed by atoms with Gasteiger partial charge in [-0.1, -0.05) is 0 Å². The van der Waals surface area contributed by atoms with Crippen molar-refractivity contribution in [2.75, 3.05) is 17.7 Å². The lowest BCUT2D eigenvalue weighted by molar-refractivity contribution is -0.114. The molecule has 0 atom stereocenters. The fourth-order valence-corrected chi connectivity index (χ4v) is 1.64. The van der Waals surface area contributed by atoms with E-state index in [4.69, 9.17) is 0 Å². The molecule has 0 aliphatic carbocycles. The van der Waals surface area contributed by atoms with Crippen LogP contribution in [0.25, 0.3) is 0 Å². The molecule has 3 N–H and O–H groups in total. The lowest BCUT2D eigenvalue weighted by atomic mass is 10.1. The number of rotatable bonds is 4. The van der Waals surface area contributed by atoms with Crippen LogP contribution in [0.2, 0.25) is 0 Å². The zero-order valence-corrected chi connectivity index (χ0v) is 12.4. The average molecular weight is 293 g/mol. The van der Waals surface area contributed by atoms with E-state index in [1.54, 1.807) is 6.07 Å². The number of benzene rings is 1. The zero-order chi connectivity index (χ0) is 16.0. The molecule has 0 aromatic heterocycles. The van der Waals surface area contributed by atoms with Gasteiger partial charge in [0.15, 0.2) is 0 Å². The first-order chi connectivity index (χ1) is 9.83. The summed E-state index contributed by atoms with van der Waals surface area (Å²) in [6.07, 6.45) is 0. The summed E-state index contributed by atoms with van der Waals surface area (Å²) in [6.45, 7) is 5.00. The molecular weight excluding hydrogens is 274 g/mol. The Morgan fingerprint density at radius 1 is 1.14 bits per heavy atom. The predicted octanol–water partition coefficient (Wildman–Crippen LogP) is 1.96. The van der Waals surface area contributed by atoms with Gasteiger partial charge < -0.3 is 20.7 Å². The van der Waals surface area contributed by atoms with Gasteiger partial charge in [-0.15, -0.1) is 0 Å². The largest absolute Gasteiger partial charge is 0.465 e. The molecule has 0 aliphatic heterocycles. The van der Waals surface area contributed by atoms with E-state index in [2.05, 4.69) is 20.7 Å². The topological polar surface area (TPSA) is 96.5 Å². The van der Waals surface area contributed by atoms with Gasteiger partial charge in [-0.05, 0) is 32.0 Å². The molecule has 0 radical (unpaired) electrons. The lowest BCUT2D eigenvalue weighted by Gasteiger charge is -2.14. The van der Waals surface area contributed by atoms with Crippen LogP contribution in [0.1, 0.15) is 31.1 Å². The van der Waals surface area contributed by atoms with Crippen LogP contribution in [0, 0.1) is 0 Å². The highest BCUT2D eigenvalue weighted by atomic mass is 16.5. The highest BCUT2D eigenvalue weighted by Gasteiger charge is 2.15. The first-order valence-corrected chi connectivity index (χ1v) is 6.41. The van der Waals surface area contributed by atoms with Crippen LogP contribution in [0.4, 0.5) is 16.2 Å². The molecule has 3 amide bonds. The van der Waals surface area contributed by atoms with Crippen LogP contribution < -0.4 is 16.0 Å². The van der Waals surface area contributed by atoms with Crippen LogP contribution in [0.15, 0.2) is 18.2 Å². The van der Waals surface area contributed by atoms with Crippen LogP contribution in [0.3, 0.4) is 0 Å². The van der Waals surface area contributed by atoms with Crippen molar-refractivity contribution in [2.24, 2.45) is 0 Å². The fraction of sp³-hybridized carbons (Fsp3) is 0.357. The SMILES string of the molecule is COC(=O)c1ccc(NC(C)=O)cc1NC(=O)NC(C)C. The lowest BCUT2D eigenvalue weighted by Crippen LogP contribution is -2.34. The number of hydrogen-bond donors (Lipinski definition) is 3. The smallest absolute Gasteiger partial charge is 0.339 e. The van der Waals surface area contributed by atoms with Crippen molar-refractivity contribution < 1.29 is 19.1 Å². The van der Waals surface area contributed by atoms with Crippen molar-refractivity contribution in [3.63, 3.8) is 0 Å². The van der Waals surface area contributed by atoms with E-state index in [0.717, 1.165) is 0 Å². The van der Waals surface area contributed by atoms with Crippen LogP contribution in [0.5, 0.6) is 0 Å². The monoisotopic (exact) mass is 293 g/mol. The van der Waals surface area contributed by atoms with E-state index in [-0.39, 0.29) is 23.2 Å². The fourth-order valence-electron chi connectivity index (χ4n) is 1.64. The summed E-state index contributed by atoms with van der Waals surface area (Å²) in [5.74, 6) is -0.831. The number of nitrogens with one attached hydrogen (secondary N) is 3. The van der Waals surface area contributed by atoms with Gasteiger partial charge in [0.2, 0.25) is 5.91 Å². The molecular formula is C14H19N3O4. The van der Waals surface area contributed by atoms with E-state index in [0.29, 0.717) is 5.69 Å². The van der Waals surface area contributed by atoms with Gasteiger partial charge in [0.25, 0.3) is 0 Å². The zero-order valence-electron chi connectivity index (χ0n) is 12.4. The molecule has 114 valence electrons. The normalized spacial score (nSPS) is 9.95. The third-order valence-corrected chi connectivity index (χ3v) is 2.41. The standard InChI is InChI=1S/C14H19N3O4/c1-8(2)15-14(20)17-12-7-10(16-9(3)18)5-6-11(12)13(19)21-4/h5-8H,1-4H3,(H,16,18)(H2,15,17,20). The molecule has 0 aliphatic rings. The Bertz CT molecular complexity index is 555. The summed E-state index contributed by atoms with van der Waals surface area (Å²) in [6, 6.07) is 4.02. The summed E-state index contributed by atoms with van der Waals surface area (Å²) in [4.78, 5) is 34.5. The summed E-state index contributed by atoms with van der Waals surface area (Å²) in [5.41, 5.74) is 0.923. The number of esters is 1. The second-order valence-electron chi connectivity index (χ2n) is 4.69. The molecule has 1 aromatic rings. The third-order valence-electron chi connectivity index (χ3n) is 2.41. The summed E-state index contributed by atoms with van der Waals surface area (Å²) in [5, 5.41) is 7.80. The molecule has 0 unspecified atom stereocenters. The number of methoxy groups -OCH3 is 1. The van der Waals surface area contributed by atoms with Gasteiger partial charge in [0.1, 0.15) is 0 Å². The second-order valence-corrected chi connectivity index (χ2v) is 4.69. The first-order valence-electron chi connectivity index (χ1n) is 6.41. The molecule has 21 heavy (non-hydrogen) atoms. The number of hydrogen-bond acceptors (Lipinski definition) is 4. The molecule has 1 aromatic carbocycles. The Hall–Kier alpha value is -2.57. The number of anilines is 2. The number of ether oxygens (including phenoxy) is 1. The Morgan fingerprint density at radius 3 is 2.33 bits per heavy atom. The minimum Gasteiger partial charge on any atom is -0.465 e. The van der Waals surface area contributed by atoms with E-state index in [1.165, 1.54) is 26.2 Å². The maximum absolute atomic E-state index is 11.8. The van der Waals surface area contributed by atoms with Crippen molar-refractivity contribution in [3.05, 3.63) is 23.8 Å². The third kappa shape index (κ3) is 5.13. The quantitative estimate of drug-likeness (QED) is 0.739. The summed E-state index contributed by atoms with van der Waals surface area (Å²) < 4.78 is 4.66. The van der Waals surface area contributed by atoms with Gasteiger partial charge in [-0.2, -0.15) is 0 Å². The summed E-state index contributed by atoms with van der Waals surface area (Å²) in [7, 11) is 1.25. The van der Waals surface area contributed by atoms with Crippen molar-refractivity contribution >= 4 is 29.3 Å². The Morgan fingerprint density at radius 2 is 1.81 bits per heavy atom. The number of urea groups is 1. The van der Waals surface area contributed by atoms with Crippen LogP contribution in [-0.4, -0.2) is 31.1 Å². The van der Waals surface area contributed by atoms with Crippen molar-refractivity contribution in [1.29, 1.82) is 0 Å². The molecule has 0 spiro atoms. The van der Waals surface area contributed by atoms with Crippen molar-refractivity contribution in [1.82, 2.24) is 5.32 Å². The van der Waals surface area contributed by atoms with Crippen LogP contribution in [-0.2, 0) is 9.53 Å². The molecule has 0 saturated heterocycles. The molecule has 1 rings (SSSR count). The maximum atomic E-state index is 11.8. The van der Waals surface area contributed by atoms with Crippen molar-refractivity contribution in [2.45, 2.75) is 26.8 Å². The minimum absolute atomic E-state index is 0.0508. The number of carbonyl (C=O) groups excluding carboxylic acids is 3. The van der Waals surface area contributed by atoms with Crippen LogP contribution >= 0.6 is 0 Å². The molecule has 7 nitrogen and oxygen atoms in total. The molecule has 7 heteroatoms. The maximum Gasteiger partial charge on any atom is 0.339 e. The van der Waals surface area contributed by atoms with Gasteiger partial charge in [-0.25, -0.2) is 9.59 Å². The van der Waals surface area contributed by atoms with E-state index in [1.807, 2.05) is 13.8 Å². The molecule has 0 bridgehead atoms. The van der Waals surface area contributed by atoms with Gasteiger partial charge in [0.05, 0.1) is 18.4 Å². The average Bonchev–Trinajstić information content (AvgIpc) is 2.36. The highest BCUT2D eigenvalue weighted by Crippen LogP contribution is 2.22. The van der Waals surface area contributed by atoms with E-state index in [9.17, 15) is 14.4 Å². The second kappa shape index (κ2) is 7.28. The Labute approximate surface area is 123 Å². The first kappa shape index (κ1) is 16.5. The number of amides is 3. The molecule has 0 heterocycles. The van der Waals surface area contributed by atoms with E-state index < -0.39 is 12.0 Å². The van der Waals surface area contributed by atoms with Gasteiger partial charge >= 0.3 is 12.0 Å². The molecule has 0 fully saturated rings. The van der Waals surface area contributed by atoms with E-state index >= 15 is 0 Å².